The van der Waals surface area contributed by atoms with E-state index in [1.807, 2.05) is 37.3 Å². The number of amides is 1. The number of nitrogens with one attached hydrogen (secondary N) is 1. The van der Waals surface area contributed by atoms with Crippen LogP contribution in [-0.4, -0.2) is 18.5 Å². The third-order valence-corrected chi connectivity index (χ3v) is 2.52. The zero-order valence-electron chi connectivity index (χ0n) is 9.52. The molecule has 0 radical (unpaired) electrons. The maximum atomic E-state index is 10.8. The van der Waals surface area contributed by atoms with Gasteiger partial charge in [0, 0.05) is 25.0 Å². The highest BCUT2D eigenvalue weighted by molar-refractivity contribution is 5.74. The number of hydrogen-bond acceptors (Lipinski definition) is 3. The first-order chi connectivity index (χ1) is 7.63. The smallest absolute Gasteiger partial charge is 0.219 e. The van der Waals surface area contributed by atoms with Crippen LogP contribution >= 0.6 is 0 Å². The summed E-state index contributed by atoms with van der Waals surface area (Å²) < 4.78 is 0. The molecule has 0 spiro atoms. The van der Waals surface area contributed by atoms with Gasteiger partial charge in [0.2, 0.25) is 5.91 Å². The number of benzene rings is 1. The minimum atomic E-state index is -0.330. The predicted molar refractivity (Wildman–Crippen MR) is 64.6 cm³/mol. The molecule has 0 aromatic heterocycles. The van der Waals surface area contributed by atoms with Crippen molar-refractivity contribution in [2.45, 2.75) is 25.4 Å². The molecule has 0 saturated heterocycles. The van der Waals surface area contributed by atoms with Crippen molar-refractivity contribution in [3.8, 4) is 0 Å². The van der Waals surface area contributed by atoms with E-state index >= 15 is 0 Å². The summed E-state index contributed by atoms with van der Waals surface area (Å²) in [5, 5.41) is 3.29. The SMILES string of the molecule is CC(NC(CN)CC(N)=O)c1ccccc1. The maximum Gasteiger partial charge on any atom is 0.219 e. The van der Waals surface area contributed by atoms with E-state index in [2.05, 4.69) is 5.32 Å². The molecule has 1 aromatic carbocycles. The lowest BCUT2D eigenvalue weighted by Gasteiger charge is -2.21. The summed E-state index contributed by atoms with van der Waals surface area (Å²) in [6.07, 6.45) is 0.272. The number of nitrogens with two attached hydrogens (primary N) is 2. The molecule has 0 aliphatic heterocycles. The Kier molecular flexibility index (Phi) is 4.95. The Bertz CT molecular complexity index is 326. The van der Waals surface area contributed by atoms with Crippen LogP contribution in [0.2, 0.25) is 0 Å². The van der Waals surface area contributed by atoms with Crippen molar-refractivity contribution in [3.05, 3.63) is 35.9 Å². The van der Waals surface area contributed by atoms with Crippen LogP contribution in [0, 0.1) is 0 Å². The fraction of sp³-hybridized carbons (Fsp3) is 0.417. The summed E-state index contributed by atoms with van der Waals surface area (Å²) in [5.74, 6) is -0.330. The molecule has 4 nitrogen and oxygen atoms in total. The van der Waals surface area contributed by atoms with Gasteiger partial charge in [-0.1, -0.05) is 30.3 Å². The first kappa shape index (κ1) is 12.7. The van der Waals surface area contributed by atoms with Gasteiger partial charge in [0.15, 0.2) is 0 Å². The van der Waals surface area contributed by atoms with Crippen LogP contribution in [-0.2, 0) is 4.79 Å². The highest BCUT2D eigenvalue weighted by Gasteiger charge is 2.13. The second-order valence-corrected chi connectivity index (χ2v) is 3.90. The summed E-state index contributed by atoms with van der Waals surface area (Å²) in [6, 6.07) is 10.1. The fourth-order valence-electron chi connectivity index (χ4n) is 1.64. The molecule has 4 heteroatoms. The molecule has 1 rings (SSSR count). The van der Waals surface area contributed by atoms with Gasteiger partial charge in [0.1, 0.15) is 0 Å². The third-order valence-electron chi connectivity index (χ3n) is 2.52. The number of hydrogen-bond donors (Lipinski definition) is 3. The largest absolute Gasteiger partial charge is 0.370 e. The van der Waals surface area contributed by atoms with Gasteiger partial charge in [-0.2, -0.15) is 0 Å². The highest BCUT2D eigenvalue weighted by Crippen LogP contribution is 2.12. The van der Waals surface area contributed by atoms with Crippen molar-refractivity contribution in [2.75, 3.05) is 6.54 Å². The lowest BCUT2D eigenvalue weighted by molar-refractivity contribution is -0.118. The Labute approximate surface area is 96.0 Å². The van der Waals surface area contributed by atoms with Gasteiger partial charge in [-0.05, 0) is 12.5 Å². The van der Waals surface area contributed by atoms with Crippen molar-refractivity contribution in [3.63, 3.8) is 0 Å². The van der Waals surface area contributed by atoms with E-state index in [0.717, 1.165) is 0 Å². The van der Waals surface area contributed by atoms with Crippen molar-refractivity contribution >= 4 is 5.91 Å². The van der Waals surface area contributed by atoms with E-state index in [1.165, 1.54) is 5.56 Å². The summed E-state index contributed by atoms with van der Waals surface area (Å²) in [5.41, 5.74) is 11.9. The van der Waals surface area contributed by atoms with Gasteiger partial charge in [-0.3, -0.25) is 4.79 Å². The van der Waals surface area contributed by atoms with Crippen LogP contribution in [0.3, 0.4) is 0 Å². The molecule has 2 atom stereocenters. The third kappa shape index (κ3) is 4.00. The second-order valence-electron chi connectivity index (χ2n) is 3.90. The molecule has 1 aromatic rings. The van der Waals surface area contributed by atoms with Gasteiger partial charge in [0.25, 0.3) is 0 Å². The Morgan fingerprint density at radius 2 is 2.00 bits per heavy atom. The van der Waals surface area contributed by atoms with E-state index in [1.54, 1.807) is 0 Å². The van der Waals surface area contributed by atoms with Gasteiger partial charge >= 0.3 is 0 Å². The van der Waals surface area contributed by atoms with Crippen LogP contribution < -0.4 is 16.8 Å². The van der Waals surface area contributed by atoms with Gasteiger partial charge in [0.05, 0.1) is 0 Å². The molecule has 0 aliphatic carbocycles. The topological polar surface area (TPSA) is 81.1 Å². The summed E-state index contributed by atoms with van der Waals surface area (Å²) >= 11 is 0. The first-order valence-corrected chi connectivity index (χ1v) is 5.43. The number of carbonyl (C=O) groups excluding carboxylic acids is 1. The maximum absolute atomic E-state index is 10.8. The summed E-state index contributed by atoms with van der Waals surface area (Å²) in [7, 11) is 0. The summed E-state index contributed by atoms with van der Waals surface area (Å²) in [4.78, 5) is 10.8. The number of primary amides is 1. The molecule has 0 heterocycles. The molecular formula is C12H19N3O. The average Bonchev–Trinajstić information content (AvgIpc) is 2.28. The Morgan fingerprint density at radius 3 is 2.50 bits per heavy atom. The number of rotatable bonds is 6. The number of carbonyl (C=O) groups is 1. The first-order valence-electron chi connectivity index (χ1n) is 5.43. The fourth-order valence-corrected chi connectivity index (χ4v) is 1.64. The van der Waals surface area contributed by atoms with Crippen molar-refractivity contribution in [1.29, 1.82) is 0 Å². The summed E-state index contributed by atoms with van der Waals surface area (Å²) in [6.45, 7) is 2.44. The van der Waals surface area contributed by atoms with E-state index < -0.39 is 0 Å². The minimum Gasteiger partial charge on any atom is -0.370 e. The zero-order valence-corrected chi connectivity index (χ0v) is 9.52. The monoisotopic (exact) mass is 221 g/mol. The molecule has 16 heavy (non-hydrogen) atoms. The Morgan fingerprint density at radius 1 is 1.38 bits per heavy atom. The Hall–Kier alpha value is -1.39. The van der Waals surface area contributed by atoms with Crippen LogP contribution in [0.5, 0.6) is 0 Å². The molecule has 5 N–H and O–H groups in total. The van der Waals surface area contributed by atoms with Crippen LogP contribution in [0.15, 0.2) is 30.3 Å². The van der Waals surface area contributed by atoms with E-state index in [0.29, 0.717) is 6.54 Å². The van der Waals surface area contributed by atoms with Gasteiger partial charge < -0.3 is 16.8 Å². The van der Waals surface area contributed by atoms with Crippen molar-refractivity contribution in [1.82, 2.24) is 5.32 Å². The molecule has 0 bridgehead atoms. The molecule has 1 amide bonds. The van der Waals surface area contributed by atoms with Crippen molar-refractivity contribution in [2.24, 2.45) is 11.5 Å². The highest BCUT2D eigenvalue weighted by atomic mass is 16.1. The predicted octanol–water partition coefficient (Wildman–Crippen LogP) is 0.540. The molecule has 88 valence electrons. The van der Waals surface area contributed by atoms with Crippen molar-refractivity contribution < 1.29 is 4.79 Å². The molecule has 0 aliphatic rings. The lowest BCUT2D eigenvalue weighted by atomic mass is 10.1. The van der Waals surface area contributed by atoms with Gasteiger partial charge in [-0.15, -0.1) is 0 Å². The quantitative estimate of drug-likeness (QED) is 0.655. The van der Waals surface area contributed by atoms with Gasteiger partial charge in [-0.25, -0.2) is 0 Å². The molecule has 2 unspecified atom stereocenters. The average molecular weight is 221 g/mol. The van der Waals surface area contributed by atoms with Crippen LogP contribution in [0.25, 0.3) is 0 Å². The minimum absolute atomic E-state index is 0.0623. The normalized spacial score (nSPS) is 14.4. The standard InChI is InChI=1S/C12H19N3O/c1-9(10-5-3-2-4-6-10)15-11(8-13)7-12(14)16/h2-6,9,11,15H,7-8,13H2,1H3,(H2,14,16). The van der Waals surface area contributed by atoms with E-state index in [4.69, 9.17) is 11.5 Å². The van der Waals surface area contributed by atoms with Crippen LogP contribution in [0.1, 0.15) is 24.9 Å². The van der Waals surface area contributed by atoms with E-state index in [-0.39, 0.29) is 24.4 Å². The lowest BCUT2D eigenvalue weighted by Crippen LogP contribution is -2.40. The zero-order chi connectivity index (χ0) is 12.0. The Balaban J connectivity index is 2.55. The molecule has 0 fully saturated rings. The second kappa shape index (κ2) is 6.25. The molecule has 0 saturated carbocycles. The van der Waals surface area contributed by atoms with E-state index in [9.17, 15) is 4.79 Å². The van der Waals surface area contributed by atoms with Crippen LogP contribution in [0.4, 0.5) is 0 Å². The molecular weight excluding hydrogens is 202 g/mol.